The Labute approximate surface area is 158 Å². The van der Waals surface area contributed by atoms with E-state index in [0.717, 1.165) is 23.2 Å². The maximum atomic E-state index is 12.7. The number of benzene rings is 1. The summed E-state index contributed by atoms with van der Waals surface area (Å²) in [5, 5.41) is 3.02. The molecule has 1 aliphatic carbocycles. The predicted octanol–water partition coefficient (Wildman–Crippen LogP) is 3.63. The number of rotatable bonds is 8. The summed E-state index contributed by atoms with van der Waals surface area (Å²) in [6.07, 6.45) is 4.86. The van der Waals surface area contributed by atoms with Gasteiger partial charge in [-0.3, -0.25) is 4.79 Å². The molecule has 3 aromatic rings. The third-order valence-electron chi connectivity index (χ3n) is 5.04. The standard InChI is InChI=1S/C21H24N2O4/c1-25-18-6-5-14(11-20(18)26-2)7-9-22-21(24)17-12-19-16(8-10-27-19)23(17)13-15-3-4-15/h5-6,8,10-12,15H,3-4,7,9,13H2,1-2H3,(H,22,24). The van der Waals surface area contributed by atoms with Gasteiger partial charge in [0.15, 0.2) is 17.1 Å². The predicted molar refractivity (Wildman–Crippen MR) is 103 cm³/mol. The number of amides is 1. The minimum atomic E-state index is -0.0671. The first-order valence-corrected chi connectivity index (χ1v) is 9.25. The Bertz CT molecular complexity index is 952. The summed E-state index contributed by atoms with van der Waals surface area (Å²) >= 11 is 0. The van der Waals surface area contributed by atoms with Crippen molar-refractivity contribution in [2.24, 2.45) is 5.92 Å². The average Bonchev–Trinajstić information content (AvgIpc) is 3.27. The Kier molecular flexibility index (Phi) is 4.79. The Morgan fingerprint density at radius 1 is 1.19 bits per heavy atom. The molecule has 1 N–H and O–H groups in total. The van der Waals surface area contributed by atoms with Crippen LogP contribution in [0.1, 0.15) is 28.9 Å². The summed E-state index contributed by atoms with van der Waals surface area (Å²) in [7, 11) is 3.23. The van der Waals surface area contributed by atoms with Gasteiger partial charge in [0, 0.05) is 25.2 Å². The van der Waals surface area contributed by atoms with Crippen LogP contribution in [-0.4, -0.2) is 31.2 Å². The molecule has 27 heavy (non-hydrogen) atoms. The number of nitrogens with one attached hydrogen (secondary N) is 1. The lowest BCUT2D eigenvalue weighted by Gasteiger charge is -2.11. The molecule has 1 fully saturated rings. The minimum Gasteiger partial charge on any atom is -0.493 e. The van der Waals surface area contributed by atoms with Gasteiger partial charge in [0.1, 0.15) is 5.69 Å². The summed E-state index contributed by atoms with van der Waals surface area (Å²) < 4.78 is 18.2. The van der Waals surface area contributed by atoms with Crippen LogP contribution in [-0.2, 0) is 13.0 Å². The first kappa shape index (κ1) is 17.5. The molecular weight excluding hydrogens is 344 g/mol. The molecule has 0 atom stereocenters. The molecule has 0 radical (unpaired) electrons. The smallest absolute Gasteiger partial charge is 0.268 e. The molecule has 0 unspecified atom stereocenters. The molecule has 1 aromatic carbocycles. The van der Waals surface area contributed by atoms with Gasteiger partial charge in [-0.25, -0.2) is 0 Å². The third-order valence-corrected chi connectivity index (χ3v) is 5.04. The third kappa shape index (κ3) is 3.65. The van der Waals surface area contributed by atoms with E-state index >= 15 is 0 Å². The van der Waals surface area contributed by atoms with E-state index in [0.29, 0.717) is 36.1 Å². The van der Waals surface area contributed by atoms with Crippen molar-refractivity contribution in [3.63, 3.8) is 0 Å². The normalized spacial score (nSPS) is 13.7. The zero-order valence-corrected chi connectivity index (χ0v) is 15.7. The van der Waals surface area contributed by atoms with Crippen molar-refractivity contribution in [2.45, 2.75) is 25.8 Å². The number of hydrogen-bond donors (Lipinski definition) is 1. The van der Waals surface area contributed by atoms with Crippen molar-refractivity contribution in [2.75, 3.05) is 20.8 Å². The van der Waals surface area contributed by atoms with Gasteiger partial charge in [-0.15, -0.1) is 0 Å². The number of methoxy groups -OCH3 is 2. The molecule has 2 heterocycles. The molecule has 0 bridgehead atoms. The fourth-order valence-electron chi connectivity index (χ4n) is 3.37. The highest BCUT2D eigenvalue weighted by Gasteiger charge is 2.26. The van der Waals surface area contributed by atoms with Crippen molar-refractivity contribution < 1.29 is 18.7 Å². The molecule has 2 aromatic heterocycles. The summed E-state index contributed by atoms with van der Waals surface area (Å²) in [6.45, 7) is 1.42. The Morgan fingerprint density at radius 3 is 2.74 bits per heavy atom. The van der Waals surface area contributed by atoms with Gasteiger partial charge >= 0.3 is 0 Å². The topological polar surface area (TPSA) is 65.6 Å². The van der Waals surface area contributed by atoms with Gasteiger partial charge < -0.3 is 23.8 Å². The van der Waals surface area contributed by atoms with Crippen LogP contribution in [0.2, 0.25) is 0 Å². The van der Waals surface area contributed by atoms with E-state index in [1.807, 2.05) is 30.3 Å². The van der Waals surface area contributed by atoms with E-state index in [2.05, 4.69) is 9.88 Å². The molecule has 0 aliphatic heterocycles. The first-order chi connectivity index (χ1) is 13.2. The van der Waals surface area contributed by atoms with Crippen LogP contribution in [0, 0.1) is 5.92 Å². The van der Waals surface area contributed by atoms with E-state index in [1.165, 1.54) is 12.8 Å². The van der Waals surface area contributed by atoms with Crippen molar-refractivity contribution >= 4 is 17.0 Å². The maximum Gasteiger partial charge on any atom is 0.268 e. The highest BCUT2D eigenvalue weighted by atomic mass is 16.5. The van der Waals surface area contributed by atoms with Gasteiger partial charge in [-0.2, -0.15) is 0 Å². The van der Waals surface area contributed by atoms with E-state index in [9.17, 15) is 4.79 Å². The van der Waals surface area contributed by atoms with E-state index in [1.54, 1.807) is 20.5 Å². The summed E-state index contributed by atoms with van der Waals surface area (Å²) in [5.41, 5.74) is 3.51. The van der Waals surface area contributed by atoms with Gasteiger partial charge in [0.25, 0.3) is 5.91 Å². The molecule has 1 aliphatic rings. The molecule has 4 rings (SSSR count). The molecule has 1 amide bonds. The number of furan rings is 1. The van der Waals surface area contributed by atoms with Crippen molar-refractivity contribution in [1.82, 2.24) is 9.88 Å². The van der Waals surface area contributed by atoms with E-state index < -0.39 is 0 Å². The van der Waals surface area contributed by atoms with E-state index in [4.69, 9.17) is 13.9 Å². The summed E-state index contributed by atoms with van der Waals surface area (Å²) in [5.74, 6) is 2.00. The number of ether oxygens (including phenoxy) is 2. The molecule has 0 saturated heterocycles. The molecule has 142 valence electrons. The minimum absolute atomic E-state index is 0.0671. The average molecular weight is 368 g/mol. The lowest BCUT2D eigenvalue weighted by Crippen LogP contribution is -2.28. The number of carbonyl (C=O) groups is 1. The lowest BCUT2D eigenvalue weighted by atomic mass is 10.1. The van der Waals surface area contributed by atoms with Crippen LogP contribution >= 0.6 is 0 Å². The Balaban J connectivity index is 1.42. The van der Waals surface area contributed by atoms with Gasteiger partial charge in [0.2, 0.25) is 0 Å². The second-order valence-corrected chi connectivity index (χ2v) is 6.95. The fraction of sp³-hybridized carbons (Fsp3) is 0.381. The maximum absolute atomic E-state index is 12.7. The first-order valence-electron chi connectivity index (χ1n) is 9.25. The highest BCUT2D eigenvalue weighted by Crippen LogP contribution is 2.33. The van der Waals surface area contributed by atoms with Crippen molar-refractivity contribution in [1.29, 1.82) is 0 Å². The van der Waals surface area contributed by atoms with Crippen LogP contribution in [0.5, 0.6) is 11.5 Å². The van der Waals surface area contributed by atoms with Crippen molar-refractivity contribution in [3.05, 3.63) is 47.9 Å². The number of aromatic nitrogens is 1. The fourth-order valence-corrected chi connectivity index (χ4v) is 3.37. The monoisotopic (exact) mass is 368 g/mol. The van der Waals surface area contributed by atoms with Crippen LogP contribution in [0.15, 0.2) is 41.0 Å². The number of fused-ring (bicyclic) bond motifs is 1. The van der Waals surface area contributed by atoms with Crippen LogP contribution in [0.4, 0.5) is 0 Å². The molecule has 0 spiro atoms. The summed E-state index contributed by atoms with van der Waals surface area (Å²) in [4.78, 5) is 12.7. The Hall–Kier alpha value is -2.89. The van der Waals surface area contributed by atoms with Crippen molar-refractivity contribution in [3.8, 4) is 11.5 Å². The quantitative estimate of drug-likeness (QED) is 0.659. The van der Waals surface area contributed by atoms with Crippen LogP contribution < -0.4 is 14.8 Å². The number of nitrogens with zero attached hydrogens (tertiary/aromatic N) is 1. The molecular formula is C21H24N2O4. The second-order valence-electron chi connectivity index (χ2n) is 6.95. The highest BCUT2D eigenvalue weighted by molar-refractivity contribution is 5.97. The number of carbonyl (C=O) groups excluding carboxylic acids is 1. The van der Waals surface area contributed by atoms with Crippen LogP contribution in [0.3, 0.4) is 0 Å². The largest absolute Gasteiger partial charge is 0.493 e. The van der Waals surface area contributed by atoms with Gasteiger partial charge in [0.05, 0.1) is 26.0 Å². The molecule has 6 nitrogen and oxygen atoms in total. The SMILES string of the molecule is COc1ccc(CCNC(=O)c2cc3occc3n2CC2CC2)cc1OC. The number of hydrogen-bond acceptors (Lipinski definition) is 4. The Morgan fingerprint density at radius 2 is 2.00 bits per heavy atom. The zero-order valence-electron chi connectivity index (χ0n) is 15.7. The zero-order chi connectivity index (χ0) is 18.8. The summed E-state index contributed by atoms with van der Waals surface area (Å²) in [6, 6.07) is 9.57. The lowest BCUT2D eigenvalue weighted by molar-refractivity contribution is 0.0945. The van der Waals surface area contributed by atoms with Gasteiger partial charge in [-0.1, -0.05) is 6.07 Å². The van der Waals surface area contributed by atoms with Crippen LogP contribution in [0.25, 0.3) is 11.1 Å². The van der Waals surface area contributed by atoms with Gasteiger partial charge in [-0.05, 0) is 42.9 Å². The molecule has 1 saturated carbocycles. The molecule has 6 heteroatoms. The second kappa shape index (κ2) is 7.39. The van der Waals surface area contributed by atoms with E-state index in [-0.39, 0.29) is 5.91 Å².